The average molecular weight is 258 g/mol. The maximum atomic E-state index is 8.76. The van der Waals surface area contributed by atoms with Crippen molar-refractivity contribution in [3.63, 3.8) is 0 Å². The zero-order valence-electron chi connectivity index (χ0n) is 12.4. The van der Waals surface area contributed by atoms with Crippen molar-refractivity contribution >= 4 is 0 Å². The highest BCUT2D eigenvalue weighted by molar-refractivity contribution is 5.25. The molecule has 0 spiro atoms. The topological polar surface area (TPSA) is 27.0 Å². The van der Waals surface area contributed by atoms with Gasteiger partial charge in [0, 0.05) is 6.54 Å². The molecule has 0 N–H and O–H groups in total. The fourth-order valence-corrected chi connectivity index (χ4v) is 2.22. The van der Waals surface area contributed by atoms with E-state index in [2.05, 4.69) is 43.0 Å². The van der Waals surface area contributed by atoms with Crippen molar-refractivity contribution in [3.05, 3.63) is 35.4 Å². The summed E-state index contributed by atoms with van der Waals surface area (Å²) in [5.74, 6) is 0. The van der Waals surface area contributed by atoms with Gasteiger partial charge < -0.3 is 0 Å². The molecule has 0 unspecified atom stereocenters. The number of nitriles is 1. The normalized spacial score (nSPS) is 10.6. The van der Waals surface area contributed by atoms with Crippen LogP contribution in [0.4, 0.5) is 0 Å². The number of hydrogen-bond donors (Lipinski definition) is 0. The van der Waals surface area contributed by atoms with Gasteiger partial charge in [0.2, 0.25) is 0 Å². The van der Waals surface area contributed by atoms with Gasteiger partial charge in [-0.25, -0.2) is 0 Å². The third kappa shape index (κ3) is 6.40. The van der Waals surface area contributed by atoms with Gasteiger partial charge in [0.05, 0.1) is 12.5 Å². The Hall–Kier alpha value is -1.33. The fourth-order valence-electron chi connectivity index (χ4n) is 2.22. The first-order valence-corrected chi connectivity index (χ1v) is 7.47. The highest BCUT2D eigenvalue weighted by Crippen LogP contribution is 2.10. The van der Waals surface area contributed by atoms with E-state index in [9.17, 15) is 0 Å². The van der Waals surface area contributed by atoms with Gasteiger partial charge in [-0.2, -0.15) is 5.26 Å². The van der Waals surface area contributed by atoms with Gasteiger partial charge in [-0.1, -0.05) is 51.0 Å². The predicted molar refractivity (Wildman–Crippen MR) is 80.9 cm³/mol. The van der Waals surface area contributed by atoms with E-state index in [1.165, 1.54) is 44.3 Å². The molecule has 19 heavy (non-hydrogen) atoms. The lowest BCUT2D eigenvalue weighted by molar-refractivity contribution is 0.257. The van der Waals surface area contributed by atoms with Crippen LogP contribution in [-0.2, 0) is 13.0 Å². The van der Waals surface area contributed by atoms with Gasteiger partial charge in [0.15, 0.2) is 0 Å². The second-order valence-corrected chi connectivity index (χ2v) is 5.14. The Bertz CT molecular complexity index is 384. The maximum Gasteiger partial charge on any atom is 0.0669 e. The number of benzene rings is 1. The second kappa shape index (κ2) is 9.58. The monoisotopic (exact) mass is 258 g/mol. The molecule has 0 heterocycles. The predicted octanol–water partition coefficient (Wildman–Crippen LogP) is 4.15. The van der Waals surface area contributed by atoms with E-state index in [0.717, 1.165) is 12.1 Å². The minimum absolute atomic E-state index is 0.512. The molecule has 0 aliphatic heterocycles. The smallest absolute Gasteiger partial charge is 0.0669 e. The average Bonchev–Trinajstić information content (AvgIpc) is 2.42. The van der Waals surface area contributed by atoms with Crippen molar-refractivity contribution in [2.45, 2.75) is 52.5 Å². The zero-order chi connectivity index (χ0) is 13.9. The minimum atomic E-state index is 0.512. The van der Waals surface area contributed by atoms with Gasteiger partial charge >= 0.3 is 0 Å². The summed E-state index contributed by atoms with van der Waals surface area (Å²) in [4.78, 5) is 2.54. The molecule has 0 fully saturated rings. The molecule has 0 radical (unpaired) electrons. The number of nitrogens with zero attached hydrogens (tertiary/aromatic N) is 2. The second-order valence-electron chi connectivity index (χ2n) is 5.14. The summed E-state index contributed by atoms with van der Waals surface area (Å²) in [7, 11) is 0. The lowest BCUT2D eigenvalue weighted by atomic mass is 10.1. The molecular weight excluding hydrogens is 232 g/mol. The largest absolute Gasteiger partial charge is 0.299 e. The first-order chi connectivity index (χ1) is 9.30. The molecule has 1 aromatic carbocycles. The lowest BCUT2D eigenvalue weighted by Gasteiger charge is -2.22. The summed E-state index contributed by atoms with van der Waals surface area (Å²) < 4.78 is 0. The van der Waals surface area contributed by atoms with Crippen LogP contribution in [0.25, 0.3) is 0 Å². The van der Waals surface area contributed by atoms with Crippen molar-refractivity contribution in [2.75, 3.05) is 13.1 Å². The Labute approximate surface area is 118 Å². The molecule has 0 bridgehead atoms. The molecule has 1 rings (SSSR count). The minimum Gasteiger partial charge on any atom is -0.299 e. The van der Waals surface area contributed by atoms with E-state index in [-0.39, 0.29) is 0 Å². The van der Waals surface area contributed by atoms with Crippen molar-refractivity contribution in [3.8, 4) is 6.07 Å². The van der Waals surface area contributed by atoms with E-state index in [1.54, 1.807) is 0 Å². The van der Waals surface area contributed by atoms with Crippen LogP contribution in [0.1, 0.15) is 50.7 Å². The summed E-state index contributed by atoms with van der Waals surface area (Å²) in [6.07, 6.45) is 5.54. The molecule has 0 aromatic heterocycles. The molecule has 0 saturated heterocycles. The fraction of sp³-hybridized carbons (Fsp3) is 0.588. The molecule has 0 aliphatic carbocycles. The third-order valence-electron chi connectivity index (χ3n) is 3.34. The Morgan fingerprint density at radius 2 is 1.68 bits per heavy atom. The number of hydrogen-bond acceptors (Lipinski definition) is 2. The summed E-state index contributed by atoms with van der Waals surface area (Å²) in [5.41, 5.74) is 2.46. The molecule has 2 nitrogen and oxygen atoms in total. The Morgan fingerprint density at radius 1 is 1.05 bits per heavy atom. The van der Waals surface area contributed by atoms with Crippen LogP contribution in [0.15, 0.2) is 24.3 Å². The van der Waals surface area contributed by atoms with Crippen molar-refractivity contribution < 1.29 is 0 Å². The highest BCUT2D eigenvalue weighted by Gasteiger charge is 2.05. The van der Waals surface area contributed by atoms with Gasteiger partial charge in [0.25, 0.3) is 0 Å². The van der Waals surface area contributed by atoms with Crippen LogP contribution in [0, 0.1) is 11.3 Å². The van der Waals surface area contributed by atoms with E-state index >= 15 is 0 Å². The van der Waals surface area contributed by atoms with E-state index < -0.39 is 0 Å². The summed E-state index contributed by atoms with van der Waals surface area (Å²) in [6, 6.07) is 10.7. The van der Waals surface area contributed by atoms with Crippen LogP contribution in [-0.4, -0.2) is 18.0 Å². The quantitative estimate of drug-likeness (QED) is 0.665. The summed E-state index contributed by atoms with van der Waals surface area (Å²) in [5, 5.41) is 8.76. The number of rotatable bonds is 9. The molecule has 2 heteroatoms. The molecule has 0 saturated carbocycles. The first kappa shape index (κ1) is 15.7. The van der Waals surface area contributed by atoms with Crippen LogP contribution in [0.2, 0.25) is 0 Å². The van der Waals surface area contributed by atoms with Crippen molar-refractivity contribution in [1.29, 1.82) is 5.26 Å². The standard InChI is InChI=1S/C17H26N2/c1-3-5-12-19(13-6-4-2)15-17-9-7-8-16(14-17)10-11-18/h7-9,14H,3-6,10,12-13,15H2,1-2H3. The van der Waals surface area contributed by atoms with Gasteiger partial charge in [0.1, 0.15) is 0 Å². The van der Waals surface area contributed by atoms with Gasteiger partial charge in [-0.05, 0) is 37.1 Å². The van der Waals surface area contributed by atoms with Crippen LogP contribution in [0.3, 0.4) is 0 Å². The maximum absolute atomic E-state index is 8.76. The van der Waals surface area contributed by atoms with Crippen LogP contribution >= 0.6 is 0 Å². The summed E-state index contributed by atoms with van der Waals surface area (Å²) in [6.45, 7) is 7.86. The van der Waals surface area contributed by atoms with Crippen LogP contribution in [0.5, 0.6) is 0 Å². The SMILES string of the molecule is CCCCN(CCCC)Cc1cccc(CC#N)c1. The van der Waals surface area contributed by atoms with Crippen molar-refractivity contribution in [2.24, 2.45) is 0 Å². The molecule has 1 aromatic rings. The Balaban J connectivity index is 2.60. The summed E-state index contributed by atoms with van der Waals surface area (Å²) >= 11 is 0. The Kier molecular flexibility index (Phi) is 7.93. The zero-order valence-corrected chi connectivity index (χ0v) is 12.4. The first-order valence-electron chi connectivity index (χ1n) is 7.47. The highest BCUT2D eigenvalue weighted by atomic mass is 15.1. The lowest BCUT2D eigenvalue weighted by Crippen LogP contribution is -2.25. The number of unbranched alkanes of at least 4 members (excludes halogenated alkanes) is 2. The molecule has 104 valence electrons. The van der Waals surface area contributed by atoms with E-state index in [1.807, 2.05) is 6.07 Å². The van der Waals surface area contributed by atoms with Gasteiger partial charge in [-0.3, -0.25) is 4.90 Å². The Morgan fingerprint density at radius 3 is 2.26 bits per heavy atom. The third-order valence-corrected chi connectivity index (χ3v) is 3.34. The van der Waals surface area contributed by atoms with Gasteiger partial charge in [-0.15, -0.1) is 0 Å². The van der Waals surface area contributed by atoms with E-state index in [4.69, 9.17) is 5.26 Å². The molecule has 0 aliphatic rings. The van der Waals surface area contributed by atoms with Crippen molar-refractivity contribution in [1.82, 2.24) is 4.90 Å². The molecule has 0 amide bonds. The van der Waals surface area contributed by atoms with E-state index in [0.29, 0.717) is 6.42 Å². The van der Waals surface area contributed by atoms with Crippen LogP contribution < -0.4 is 0 Å². The molecule has 0 atom stereocenters. The molecular formula is C17H26N2.